The number of aromatic hydroxyl groups is 2. The van der Waals surface area contributed by atoms with Crippen molar-refractivity contribution < 1.29 is 15.0 Å². The molecule has 0 spiro atoms. The van der Waals surface area contributed by atoms with Crippen LogP contribution >= 0.6 is 15.9 Å². The monoisotopic (exact) mass is 335 g/mol. The van der Waals surface area contributed by atoms with Gasteiger partial charge in [0.05, 0.1) is 11.8 Å². The quantitative estimate of drug-likeness (QED) is 0.454. The van der Waals surface area contributed by atoms with Gasteiger partial charge in [-0.15, -0.1) is 0 Å². The first kappa shape index (κ1) is 14.0. The maximum atomic E-state index is 11.7. The maximum Gasteiger partial charge on any atom is 0.272 e. The fourth-order valence-electron chi connectivity index (χ4n) is 1.39. The Balaban J connectivity index is 2.02. The molecular weight excluding hydrogens is 326 g/mol. The molecule has 6 nitrogen and oxygen atoms in total. The minimum atomic E-state index is -0.405. The van der Waals surface area contributed by atoms with Gasteiger partial charge in [0.25, 0.3) is 5.91 Å². The summed E-state index contributed by atoms with van der Waals surface area (Å²) < 4.78 is 0.692. The third kappa shape index (κ3) is 3.55. The number of aromatic nitrogens is 1. The summed E-state index contributed by atoms with van der Waals surface area (Å²) in [4.78, 5) is 15.6. The summed E-state index contributed by atoms with van der Waals surface area (Å²) in [6.07, 6.45) is 4.34. The highest BCUT2D eigenvalue weighted by atomic mass is 79.9. The highest BCUT2D eigenvalue weighted by Crippen LogP contribution is 2.23. The largest absolute Gasteiger partial charge is 0.504 e. The number of halogens is 1. The number of nitrogens with zero attached hydrogens (tertiary/aromatic N) is 2. The molecule has 1 amide bonds. The van der Waals surface area contributed by atoms with Gasteiger partial charge in [-0.1, -0.05) is 0 Å². The molecule has 7 heteroatoms. The van der Waals surface area contributed by atoms with E-state index in [2.05, 4.69) is 31.4 Å². The molecule has 0 aliphatic carbocycles. The van der Waals surface area contributed by atoms with Gasteiger partial charge in [-0.2, -0.15) is 5.10 Å². The third-order valence-electron chi connectivity index (χ3n) is 2.35. The number of amides is 1. The lowest BCUT2D eigenvalue weighted by molar-refractivity contribution is 0.0954. The zero-order valence-corrected chi connectivity index (χ0v) is 11.7. The highest BCUT2D eigenvalue weighted by Gasteiger charge is 2.04. The van der Waals surface area contributed by atoms with Gasteiger partial charge in [-0.05, 0) is 45.8 Å². The minimum Gasteiger partial charge on any atom is -0.504 e. The smallest absolute Gasteiger partial charge is 0.272 e. The van der Waals surface area contributed by atoms with Crippen LogP contribution < -0.4 is 5.43 Å². The van der Waals surface area contributed by atoms with Gasteiger partial charge < -0.3 is 10.2 Å². The molecule has 0 fully saturated rings. The average Bonchev–Trinajstić information content (AvgIpc) is 2.42. The van der Waals surface area contributed by atoms with E-state index in [-0.39, 0.29) is 11.5 Å². The van der Waals surface area contributed by atoms with Gasteiger partial charge in [0.1, 0.15) is 0 Å². The van der Waals surface area contributed by atoms with Gasteiger partial charge in [0.15, 0.2) is 11.5 Å². The zero-order valence-electron chi connectivity index (χ0n) is 10.1. The molecular formula is C13H10BrN3O3. The van der Waals surface area contributed by atoms with Gasteiger partial charge in [-0.3, -0.25) is 9.78 Å². The van der Waals surface area contributed by atoms with Crippen molar-refractivity contribution in [1.82, 2.24) is 10.4 Å². The van der Waals surface area contributed by atoms with E-state index in [1.807, 2.05) is 0 Å². The highest BCUT2D eigenvalue weighted by molar-refractivity contribution is 9.10. The maximum absolute atomic E-state index is 11.7. The Morgan fingerprint density at radius 2 is 2.05 bits per heavy atom. The molecule has 0 aliphatic heterocycles. The van der Waals surface area contributed by atoms with Crippen molar-refractivity contribution in [2.45, 2.75) is 0 Å². The summed E-state index contributed by atoms with van der Waals surface area (Å²) in [6.45, 7) is 0. The Kier molecular flexibility index (Phi) is 4.31. The molecule has 2 aromatic rings. The molecule has 0 saturated carbocycles. The molecule has 102 valence electrons. The fourth-order valence-corrected chi connectivity index (χ4v) is 1.75. The average molecular weight is 336 g/mol. The Bertz CT molecular complexity index is 674. The van der Waals surface area contributed by atoms with Crippen LogP contribution in [0.3, 0.4) is 0 Å². The standard InChI is InChI=1S/C13H10BrN3O3/c14-10-4-9(6-15-7-10)13(20)17-16-5-8-1-2-11(18)12(19)3-8/h1-7,18-19H,(H,17,20)/b16-5+. The number of phenols is 2. The topological polar surface area (TPSA) is 94.8 Å². The van der Waals surface area contributed by atoms with Crippen molar-refractivity contribution >= 4 is 28.1 Å². The third-order valence-corrected chi connectivity index (χ3v) is 2.78. The van der Waals surface area contributed by atoms with Crippen molar-refractivity contribution in [3.8, 4) is 11.5 Å². The molecule has 1 aromatic carbocycles. The van der Waals surface area contributed by atoms with Crippen LogP contribution in [0.25, 0.3) is 0 Å². The Morgan fingerprint density at radius 1 is 1.25 bits per heavy atom. The van der Waals surface area contributed by atoms with Gasteiger partial charge >= 0.3 is 0 Å². The second kappa shape index (κ2) is 6.16. The van der Waals surface area contributed by atoms with E-state index in [1.54, 1.807) is 18.3 Å². The zero-order chi connectivity index (χ0) is 14.5. The van der Waals surface area contributed by atoms with Crippen LogP contribution in [0, 0.1) is 0 Å². The summed E-state index contributed by atoms with van der Waals surface area (Å²) in [7, 11) is 0. The first-order valence-corrected chi connectivity index (χ1v) is 6.31. The molecule has 0 aliphatic rings. The SMILES string of the molecule is O=C(N/N=C/c1ccc(O)c(O)c1)c1cncc(Br)c1. The first-order chi connectivity index (χ1) is 9.56. The van der Waals surface area contributed by atoms with Crippen LogP contribution in [0.1, 0.15) is 15.9 Å². The van der Waals surface area contributed by atoms with Crippen molar-refractivity contribution in [2.75, 3.05) is 0 Å². The summed E-state index contributed by atoms with van der Waals surface area (Å²) in [5.74, 6) is -0.874. The molecule has 2 rings (SSSR count). The van der Waals surface area contributed by atoms with Crippen molar-refractivity contribution in [2.24, 2.45) is 5.10 Å². The van der Waals surface area contributed by atoms with E-state index < -0.39 is 5.91 Å². The lowest BCUT2D eigenvalue weighted by Gasteiger charge is -2.00. The van der Waals surface area contributed by atoms with Crippen LogP contribution in [0.5, 0.6) is 11.5 Å². The predicted molar refractivity (Wildman–Crippen MR) is 76.8 cm³/mol. The molecule has 1 heterocycles. The van der Waals surface area contributed by atoms with Gasteiger partial charge in [0, 0.05) is 16.9 Å². The van der Waals surface area contributed by atoms with E-state index in [0.29, 0.717) is 15.6 Å². The second-order valence-corrected chi connectivity index (χ2v) is 4.75. The van der Waals surface area contributed by atoms with Crippen LogP contribution in [0.2, 0.25) is 0 Å². The van der Waals surface area contributed by atoms with E-state index in [0.717, 1.165) is 0 Å². The summed E-state index contributed by atoms with van der Waals surface area (Å²) in [6, 6.07) is 5.82. The van der Waals surface area contributed by atoms with E-state index >= 15 is 0 Å². The van der Waals surface area contributed by atoms with E-state index in [9.17, 15) is 9.90 Å². The number of nitrogens with one attached hydrogen (secondary N) is 1. The molecule has 0 radical (unpaired) electrons. The van der Waals surface area contributed by atoms with E-state index in [4.69, 9.17) is 5.11 Å². The molecule has 0 unspecified atom stereocenters. The number of carbonyl (C=O) groups is 1. The van der Waals surface area contributed by atoms with Gasteiger partial charge in [0.2, 0.25) is 0 Å². The molecule has 3 N–H and O–H groups in total. The predicted octanol–water partition coefficient (Wildman–Crippen LogP) is 2.02. The number of phenolic OH excluding ortho intramolecular Hbond substituents is 2. The number of pyridine rings is 1. The normalized spacial score (nSPS) is 10.7. The number of carbonyl (C=O) groups excluding carboxylic acids is 1. The molecule has 0 saturated heterocycles. The summed E-state index contributed by atoms with van der Waals surface area (Å²) in [5, 5.41) is 22.2. The van der Waals surface area contributed by atoms with Crippen molar-refractivity contribution in [3.05, 3.63) is 52.3 Å². The van der Waals surface area contributed by atoms with Gasteiger partial charge in [-0.25, -0.2) is 5.43 Å². The first-order valence-electron chi connectivity index (χ1n) is 5.52. The van der Waals surface area contributed by atoms with E-state index in [1.165, 1.54) is 24.5 Å². The second-order valence-electron chi connectivity index (χ2n) is 3.84. The number of benzene rings is 1. The Hall–Kier alpha value is -2.41. The van der Waals surface area contributed by atoms with Crippen LogP contribution in [-0.4, -0.2) is 27.3 Å². The molecule has 1 aromatic heterocycles. The number of hydrogen-bond acceptors (Lipinski definition) is 5. The van der Waals surface area contributed by atoms with Crippen LogP contribution in [0.4, 0.5) is 0 Å². The lowest BCUT2D eigenvalue weighted by Crippen LogP contribution is -2.17. The summed E-state index contributed by atoms with van der Waals surface area (Å²) in [5.41, 5.74) is 3.24. The molecule has 0 atom stereocenters. The number of hydrogen-bond donors (Lipinski definition) is 3. The van der Waals surface area contributed by atoms with Crippen molar-refractivity contribution in [1.29, 1.82) is 0 Å². The Labute approximate surface area is 122 Å². The van der Waals surface area contributed by atoms with Crippen LogP contribution in [-0.2, 0) is 0 Å². The Morgan fingerprint density at radius 3 is 2.75 bits per heavy atom. The molecule has 0 bridgehead atoms. The minimum absolute atomic E-state index is 0.216. The lowest BCUT2D eigenvalue weighted by atomic mass is 10.2. The summed E-state index contributed by atoms with van der Waals surface area (Å²) >= 11 is 3.22. The fraction of sp³-hybridized carbons (Fsp3) is 0. The number of rotatable bonds is 3. The number of hydrazone groups is 1. The van der Waals surface area contributed by atoms with Crippen LogP contribution in [0.15, 0.2) is 46.2 Å². The van der Waals surface area contributed by atoms with Crippen molar-refractivity contribution in [3.63, 3.8) is 0 Å². The molecule has 20 heavy (non-hydrogen) atoms.